The maximum absolute atomic E-state index is 5.11. The molecule has 0 atom stereocenters. The third kappa shape index (κ3) is 6.22. The molecule has 8 rings (SSSR count). The normalized spacial score (nSPS) is 15.8. The van der Waals surface area contributed by atoms with Crippen molar-refractivity contribution in [2.24, 2.45) is 0 Å². The quantitative estimate of drug-likeness (QED) is 0.167. The van der Waals surface area contributed by atoms with E-state index in [1.54, 1.807) is 0 Å². The van der Waals surface area contributed by atoms with Crippen molar-refractivity contribution in [1.82, 2.24) is 9.55 Å². The van der Waals surface area contributed by atoms with E-state index >= 15 is 0 Å². The first kappa shape index (κ1) is 30.4. The molecule has 0 amide bonds. The lowest BCUT2D eigenvalue weighted by Crippen LogP contribution is -2.15. The van der Waals surface area contributed by atoms with Gasteiger partial charge in [0, 0.05) is 35.0 Å². The molecule has 0 radical (unpaired) electrons. The van der Waals surface area contributed by atoms with Crippen LogP contribution in [0.5, 0.6) is 0 Å². The molecule has 2 aliphatic carbocycles. The van der Waals surface area contributed by atoms with Crippen LogP contribution in [0.2, 0.25) is 0 Å². The highest BCUT2D eigenvalue weighted by molar-refractivity contribution is 5.79. The topological polar surface area (TPSA) is 21.1 Å². The fraction of sp³-hybridized carbons (Fsp3) is 0.267. The van der Waals surface area contributed by atoms with Gasteiger partial charge in [-0.15, -0.1) is 0 Å². The fourth-order valence-corrected chi connectivity index (χ4v) is 8.29. The Labute approximate surface area is 285 Å². The summed E-state index contributed by atoms with van der Waals surface area (Å²) < 4.78 is 2.46. The summed E-state index contributed by atoms with van der Waals surface area (Å²) in [4.78, 5) is 7.45. The van der Waals surface area contributed by atoms with Gasteiger partial charge in [0.05, 0.1) is 5.69 Å². The number of aromatic nitrogens is 2. The molecule has 240 valence electrons. The molecule has 0 spiro atoms. The van der Waals surface area contributed by atoms with E-state index in [4.69, 9.17) is 4.98 Å². The van der Waals surface area contributed by atoms with Crippen molar-refractivity contribution in [3.8, 4) is 28.2 Å². The molecule has 6 aromatic rings. The molecule has 1 heterocycles. The highest BCUT2D eigenvalue weighted by Crippen LogP contribution is 2.46. The molecule has 1 aromatic heterocycles. The number of nitrogens with zero attached hydrogens (tertiary/aromatic N) is 3. The van der Waals surface area contributed by atoms with Crippen molar-refractivity contribution in [2.45, 2.75) is 76.0 Å². The average Bonchev–Trinajstić information content (AvgIpc) is 3.66. The average molecular weight is 628 g/mol. The predicted octanol–water partition coefficient (Wildman–Crippen LogP) is 12.8. The third-order valence-corrected chi connectivity index (χ3v) is 10.6. The summed E-state index contributed by atoms with van der Waals surface area (Å²) in [6, 6.07) is 46.4. The first-order chi connectivity index (χ1) is 23.8. The van der Waals surface area contributed by atoms with Crippen molar-refractivity contribution in [3.05, 3.63) is 151 Å². The first-order valence-corrected chi connectivity index (χ1v) is 18.1. The fourth-order valence-electron chi connectivity index (χ4n) is 8.29. The lowest BCUT2D eigenvalue weighted by Gasteiger charge is -2.31. The van der Waals surface area contributed by atoms with Gasteiger partial charge in [-0.05, 0) is 108 Å². The Morgan fingerprint density at radius 3 is 1.54 bits per heavy atom. The molecular formula is C45H45N3. The Balaban J connectivity index is 1.30. The van der Waals surface area contributed by atoms with Crippen molar-refractivity contribution in [3.63, 3.8) is 0 Å². The zero-order chi connectivity index (χ0) is 32.1. The minimum Gasteiger partial charge on any atom is -0.310 e. The monoisotopic (exact) mass is 627 g/mol. The van der Waals surface area contributed by atoms with E-state index in [9.17, 15) is 0 Å². The molecule has 3 nitrogen and oxygen atoms in total. The maximum Gasteiger partial charge on any atom is 0.144 e. The second-order valence-electron chi connectivity index (χ2n) is 13.7. The van der Waals surface area contributed by atoms with E-state index in [2.05, 4.69) is 143 Å². The van der Waals surface area contributed by atoms with Gasteiger partial charge in [-0.2, -0.15) is 0 Å². The van der Waals surface area contributed by atoms with Crippen LogP contribution in [0.1, 0.15) is 87.2 Å². The summed E-state index contributed by atoms with van der Waals surface area (Å²) >= 11 is 0. The molecule has 48 heavy (non-hydrogen) atoms. The lowest BCUT2D eigenvalue weighted by molar-refractivity contribution is 0.434. The van der Waals surface area contributed by atoms with Crippen molar-refractivity contribution < 1.29 is 0 Å². The van der Waals surface area contributed by atoms with E-state index in [1.807, 2.05) is 6.20 Å². The molecule has 2 aliphatic rings. The standard InChI is InChI=1S/C45H45N3/c1-6-17-34(18-7-1)38-32-42(35-19-8-2-9-20-35)44(43(33-38)36-21-10-3-11-22-36)47-30-29-46-45(47)37-23-16-28-41(31-37)48(39-24-12-4-13-25-39)40-26-14-5-15-27-40/h1,4-7,12-18,23-33,35-36H,2-3,8-11,19-22H2. The van der Waals surface area contributed by atoms with E-state index in [0.29, 0.717) is 11.8 Å². The van der Waals surface area contributed by atoms with E-state index in [0.717, 1.165) is 28.5 Å². The van der Waals surface area contributed by atoms with Crippen LogP contribution in [0.4, 0.5) is 17.1 Å². The second-order valence-corrected chi connectivity index (χ2v) is 13.7. The largest absolute Gasteiger partial charge is 0.310 e. The van der Waals surface area contributed by atoms with Crippen LogP contribution in [0.15, 0.2) is 140 Å². The maximum atomic E-state index is 5.11. The number of benzene rings is 5. The summed E-state index contributed by atoms with van der Waals surface area (Å²) in [5.74, 6) is 2.14. The molecule has 3 heteroatoms. The first-order valence-electron chi connectivity index (χ1n) is 18.1. The smallest absolute Gasteiger partial charge is 0.144 e. The number of rotatable bonds is 8. The van der Waals surface area contributed by atoms with Gasteiger partial charge in [0.25, 0.3) is 0 Å². The van der Waals surface area contributed by atoms with Crippen LogP contribution >= 0.6 is 0 Å². The van der Waals surface area contributed by atoms with Crippen LogP contribution in [0.3, 0.4) is 0 Å². The summed E-state index contributed by atoms with van der Waals surface area (Å²) in [5, 5.41) is 0. The predicted molar refractivity (Wildman–Crippen MR) is 201 cm³/mol. The third-order valence-electron chi connectivity index (χ3n) is 10.6. The van der Waals surface area contributed by atoms with Crippen molar-refractivity contribution in [1.29, 1.82) is 0 Å². The zero-order valence-corrected chi connectivity index (χ0v) is 27.8. The Morgan fingerprint density at radius 1 is 0.479 bits per heavy atom. The number of anilines is 3. The van der Waals surface area contributed by atoms with Gasteiger partial charge in [-0.3, -0.25) is 4.57 Å². The molecule has 0 N–H and O–H groups in total. The Bertz CT molecular complexity index is 1850. The summed E-state index contributed by atoms with van der Waals surface area (Å²) in [6.45, 7) is 0. The van der Waals surface area contributed by atoms with Gasteiger partial charge in [-0.25, -0.2) is 4.98 Å². The number of hydrogen-bond acceptors (Lipinski definition) is 2. The van der Waals surface area contributed by atoms with E-state index in [1.165, 1.54) is 92.1 Å². The molecule has 0 bridgehead atoms. The number of para-hydroxylation sites is 2. The summed E-state index contributed by atoms with van der Waals surface area (Å²) in [5.41, 5.74) is 11.6. The minimum atomic E-state index is 0.563. The van der Waals surface area contributed by atoms with Crippen LogP contribution < -0.4 is 4.90 Å². The SMILES string of the molecule is c1ccc(-c2cc(C3CCCCC3)c(-n3ccnc3-c3cccc(N(c4ccccc4)c4ccccc4)c3)c(C3CCCCC3)c2)cc1. The van der Waals surface area contributed by atoms with Crippen molar-refractivity contribution >= 4 is 17.1 Å². The molecule has 2 fully saturated rings. The number of imidazole rings is 1. The molecular weight excluding hydrogens is 583 g/mol. The van der Waals surface area contributed by atoms with Gasteiger partial charge >= 0.3 is 0 Å². The molecule has 2 saturated carbocycles. The molecule has 0 unspecified atom stereocenters. The molecule has 0 saturated heterocycles. The minimum absolute atomic E-state index is 0.563. The summed E-state index contributed by atoms with van der Waals surface area (Å²) in [7, 11) is 0. The van der Waals surface area contributed by atoms with Crippen LogP contribution in [0, 0.1) is 0 Å². The molecule has 0 aliphatic heterocycles. The van der Waals surface area contributed by atoms with Crippen LogP contribution in [-0.4, -0.2) is 9.55 Å². The Hall–Kier alpha value is -4.89. The van der Waals surface area contributed by atoms with Gasteiger partial charge in [-0.1, -0.05) is 117 Å². The van der Waals surface area contributed by atoms with E-state index < -0.39 is 0 Å². The Kier molecular flexibility index (Phi) is 8.93. The van der Waals surface area contributed by atoms with Crippen molar-refractivity contribution in [2.75, 3.05) is 4.90 Å². The van der Waals surface area contributed by atoms with E-state index in [-0.39, 0.29) is 0 Å². The number of hydrogen-bond donors (Lipinski definition) is 0. The van der Waals surface area contributed by atoms with Gasteiger partial charge in [0.15, 0.2) is 0 Å². The molecule has 5 aromatic carbocycles. The van der Waals surface area contributed by atoms with Crippen LogP contribution in [0.25, 0.3) is 28.2 Å². The lowest BCUT2D eigenvalue weighted by atomic mass is 9.77. The second kappa shape index (κ2) is 14.1. The zero-order valence-electron chi connectivity index (χ0n) is 27.8. The Morgan fingerprint density at radius 2 is 0.979 bits per heavy atom. The van der Waals surface area contributed by atoms with Crippen LogP contribution in [-0.2, 0) is 0 Å². The highest BCUT2D eigenvalue weighted by Gasteiger charge is 2.28. The highest BCUT2D eigenvalue weighted by atomic mass is 15.1. The summed E-state index contributed by atoms with van der Waals surface area (Å²) in [6.07, 6.45) is 17.2. The van der Waals surface area contributed by atoms with Gasteiger partial charge < -0.3 is 4.90 Å². The van der Waals surface area contributed by atoms with Gasteiger partial charge in [0.1, 0.15) is 5.82 Å². The van der Waals surface area contributed by atoms with Gasteiger partial charge in [0.2, 0.25) is 0 Å².